The van der Waals surface area contributed by atoms with Gasteiger partial charge in [0.15, 0.2) is 0 Å². The van der Waals surface area contributed by atoms with Gasteiger partial charge in [-0.15, -0.1) is 11.8 Å². The van der Waals surface area contributed by atoms with Crippen LogP contribution in [0.25, 0.3) is 6.08 Å². The maximum Gasteiger partial charge on any atom is 0.354 e. The number of hydrogen-bond acceptors (Lipinski definition) is 4. The fourth-order valence-electron chi connectivity index (χ4n) is 2.00. The Kier molecular flexibility index (Phi) is 8.04. The van der Waals surface area contributed by atoms with Gasteiger partial charge in [0, 0.05) is 22.6 Å². The number of hydrogen-bond donors (Lipinski definition) is 1. The summed E-state index contributed by atoms with van der Waals surface area (Å²) in [6, 6.07) is 14.4. The van der Waals surface area contributed by atoms with Gasteiger partial charge >= 0.3 is 5.97 Å². The van der Waals surface area contributed by atoms with E-state index in [-0.39, 0.29) is 18.2 Å². The van der Waals surface area contributed by atoms with Gasteiger partial charge in [-0.2, -0.15) is 0 Å². The minimum absolute atomic E-state index is 0.0921. The zero-order chi connectivity index (χ0) is 18.9. The van der Waals surface area contributed by atoms with Gasteiger partial charge in [0.25, 0.3) is 0 Å². The molecule has 0 aliphatic carbocycles. The Hall–Kier alpha value is -1.95. The SMILES string of the molecule is CC(=O)N/C(=C\c1ccccc1)C(=O)OCCSc1cc(Cl)ccc1Cl. The van der Waals surface area contributed by atoms with E-state index in [4.69, 9.17) is 27.9 Å². The Balaban J connectivity index is 1.93. The van der Waals surface area contributed by atoms with Crippen molar-refractivity contribution in [2.75, 3.05) is 12.4 Å². The second-order valence-corrected chi connectivity index (χ2v) is 7.19. The maximum absolute atomic E-state index is 12.3. The van der Waals surface area contributed by atoms with Gasteiger partial charge in [-0.05, 0) is 29.8 Å². The predicted molar refractivity (Wildman–Crippen MR) is 106 cm³/mol. The lowest BCUT2D eigenvalue weighted by Gasteiger charge is -2.09. The molecular formula is C19H17Cl2NO3S. The van der Waals surface area contributed by atoms with E-state index in [1.165, 1.54) is 18.7 Å². The first-order chi connectivity index (χ1) is 12.5. The van der Waals surface area contributed by atoms with Crippen LogP contribution in [0.3, 0.4) is 0 Å². The van der Waals surface area contributed by atoms with Crippen molar-refractivity contribution in [2.24, 2.45) is 0 Å². The first-order valence-corrected chi connectivity index (χ1v) is 9.49. The molecule has 2 aromatic rings. The lowest BCUT2D eigenvalue weighted by atomic mass is 10.2. The summed E-state index contributed by atoms with van der Waals surface area (Å²) in [6.07, 6.45) is 1.57. The van der Waals surface area contributed by atoms with Gasteiger partial charge < -0.3 is 10.1 Å². The Morgan fingerprint density at radius 3 is 2.58 bits per heavy atom. The molecule has 4 nitrogen and oxygen atoms in total. The molecule has 0 aliphatic rings. The van der Waals surface area contributed by atoms with E-state index in [9.17, 15) is 9.59 Å². The Morgan fingerprint density at radius 2 is 1.88 bits per heavy atom. The van der Waals surface area contributed by atoms with Gasteiger partial charge in [-0.3, -0.25) is 4.79 Å². The number of esters is 1. The smallest absolute Gasteiger partial charge is 0.354 e. The van der Waals surface area contributed by atoms with Crippen molar-refractivity contribution in [3.05, 3.63) is 69.8 Å². The number of ether oxygens (including phenoxy) is 1. The summed E-state index contributed by atoms with van der Waals surface area (Å²) in [5, 5.41) is 3.69. The number of thioether (sulfide) groups is 1. The second kappa shape index (κ2) is 10.3. The predicted octanol–water partition coefficient (Wildman–Crippen LogP) is 4.81. The van der Waals surface area contributed by atoms with Gasteiger partial charge in [0.2, 0.25) is 5.91 Å². The molecule has 2 rings (SSSR count). The van der Waals surface area contributed by atoms with Gasteiger partial charge in [0.05, 0.1) is 5.02 Å². The molecular weight excluding hydrogens is 393 g/mol. The third kappa shape index (κ3) is 6.75. The zero-order valence-corrected chi connectivity index (χ0v) is 16.3. The van der Waals surface area contributed by atoms with E-state index in [1.54, 1.807) is 24.3 Å². The summed E-state index contributed by atoms with van der Waals surface area (Å²) in [5.74, 6) is -0.434. The fraction of sp³-hybridized carbons (Fsp3) is 0.158. The molecule has 1 amide bonds. The Labute approximate surface area is 166 Å². The molecule has 0 unspecified atom stereocenters. The topological polar surface area (TPSA) is 55.4 Å². The van der Waals surface area contributed by atoms with Crippen LogP contribution in [0.1, 0.15) is 12.5 Å². The van der Waals surface area contributed by atoms with Crippen LogP contribution in [-0.2, 0) is 14.3 Å². The Bertz CT molecular complexity index is 810. The van der Waals surface area contributed by atoms with Crippen molar-refractivity contribution >= 4 is 52.9 Å². The number of carbonyl (C=O) groups is 2. The third-order valence-corrected chi connectivity index (χ3v) is 4.80. The van der Waals surface area contributed by atoms with Crippen molar-refractivity contribution in [1.82, 2.24) is 5.32 Å². The van der Waals surface area contributed by atoms with E-state index >= 15 is 0 Å². The van der Waals surface area contributed by atoms with Gasteiger partial charge in [-0.25, -0.2) is 4.79 Å². The van der Waals surface area contributed by atoms with Crippen LogP contribution in [0, 0.1) is 0 Å². The van der Waals surface area contributed by atoms with E-state index in [0.29, 0.717) is 15.8 Å². The lowest BCUT2D eigenvalue weighted by molar-refractivity contribution is -0.139. The summed E-state index contributed by atoms with van der Waals surface area (Å²) in [5.41, 5.74) is 0.878. The van der Waals surface area contributed by atoms with E-state index in [1.807, 2.05) is 30.3 Å². The average Bonchev–Trinajstić information content (AvgIpc) is 2.61. The summed E-state index contributed by atoms with van der Waals surface area (Å²) >= 11 is 13.5. The number of nitrogens with one attached hydrogen (secondary N) is 1. The molecule has 1 N–H and O–H groups in total. The molecule has 0 heterocycles. The van der Waals surface area contributed by atoms with Gasteiger partial charge in [0.1, 0.15) is 12.3 Å². The first kappa shape index (κ1) is 20.4. The van der Waals surface area contributed by atoms with Crippen molar-refractivity contribution in [3.8, 4) is 0 Å². The van der Waals surface area contributed by atoms with Crippen molar-refractivity contribution in [2.45, 2.75) is 11.8 Å². The standard InChI is InChI=1S/C19H17Cl2NO3S/c1-13(23)22-17(11-14-5-3-2-4-6-14)19(24)25-9-10-26-18-12-15(20)7-8-16(18)21/h2-8,11-12H,9-10H2,1H3,(H,22,23)/b17-11-. The molecule has 136 valence electrons. The largest absolute Gasteiger partial charge is 0.460 e. The summed E-state index contributed by atoms with van der Waals surface area (Å²) in [6.45, 7) is 1.50. The van der Waals surface area contributed by atoms with E-state index < -0.39 is 5.97 Å². The molecule has 0 saturated heterocycles. The molecule has 0 spiro atoms. The second-order valence-electron chi connectivity index (χ2n) is 5.21. The fourth-order valence-corrected chi connectivity index (χ4v) is 3.32. The third-order valence-electron chi connectivity index (χ3n) is 3.11. The zero-order valence-electron chi connectivity index (χ0n) is 14.0. The van der Waals surface area contributed by atoms with E-state index in [0.717, 1.165) is 10.5 Å². The molecule has 0 radical (unpaired) electrons. The van der Waals surface area contributed by atoms with Crippen LogP contribution >= 0.6 is 35.0 Å². The van der Waals surface area contributed by atoms with E-state index in [2.05, 4.69) is 5.32 Å². The molecule has 0 bridgehead atoms. The first-order valence-electron chi connectivity index (χ1n) is 7.75. The van der Waals surface area contributed by atoms with Crippen LogP contribution in [0.4, 0.5) is 0 Å². The highest BCUT2D eigenvalue weighted by atomic mass is 35.5. The highest BCUT2D eigenvalue weighted by molar-refractivity contribution is 7.99. The van der Waals surface area contributed by atoms with Crippen molar-refractivity contribution in [3.63, 3.8) is 0 Å². The summed E-state index contributed by atoms with van der Waals surface area (Å²) in [4.78, 5) is 24.4. The molecule has 0 aromatic heterocycles. The minimum atomic E-state index is -0.596. The molecule has 26 heavy (non-hydrogen) atoms. The number of rotatable bonds is 7. The van der Waals surface area contributed by atoms with Crippen LogP contribution in [0.5, 0.6) is 0 Å². The van der Waals surface area contributed by atoms with Crippen LogP contribution in [0.15, 0.2) is 59.1 Å². The molecule has 0 fully saturated rings. The maximum atomic E-state index is 12.3. The molecule has 0 aliphatic heterocycles. The average molecular weight is 410 g/mol. The van der Waals surface area contributed by atoms with Crippen LogP contribution < -0.4 is 5.32 Å². The monoisotopic (exact) mass is 409 g/mol. The number of benzene rings is 2. The quantitative estimate of drug-likeness (QED) is 0.308. The van der Waals surface area contributed by atoms with Crippen LogP contribution in [0.2, 0.25) is 10.0 Å². The van der Waals surface area contributed by atoms with Crippen molar-refractivity contribution < 1.29 is 14.3 Å². The Morgan fingerprint density at radius 1 is 1.15 bits per heavy atom. The summed E-state index contributed by atoms with van der Waals surface area (Å²) < 4.78 is 5.25. The molecule has 0 saturated carbocycles. The number of carbonyl (C=O) groups excluding carboxylic acids is 2. The van der Waals surface area contributed by atoms with Gasteiger partial charge in [-0.1, -0.05) is 53.5 Å². The minimum Gasteiger partial charge on any atom is -0.460 e. The number of amides is 1. The highest BCUT2D eigenvalue weighted by Gasteiger charge is 2.13. The van der Waals surface area contributed by atoms with Crippen LogP contribution in [-0.4, -0.2) is 24.2 Å². The molecule has 0 atom stereocenters. The normalized spacial score (nSPS) is 11.1. The lowest BCUT2D eigenvalue weighted by Crippen LogP contribution is -2.26. The number of halogens is 2. The summed E-state index contributed by atoms with van der Waals surface area (Å²) in [7, 11) is 0. The molecule has 7 heteroatoms. The van der Waals surface area contributed by atoms with Crippen molar-refractivity contribution in [1.29, 1.82) is 0 Å². The molecule has 2 aromatic carbocycles. The highest BCUT2D eigenvalue weighted by Crippen LogP contribution is 2.29.